The Kier molecular flexibility index (Phi) is 4.95. The molecule has 0 radical (unpaired) electrons. The third-order valence-electron chi connectivity index (χ3n) is 3.46. The molecule has 0 atom stereocenters. The van der Waals surface area contributed by atoms with Crippen molar-refractivity contribution in [2.75, 3.05) is 0 Å². The molecule has 0 saturated heterocycles. The van der Waals surface area contributed by atoms with Crippen molar-refractivity contribution in [3.05, 3.63) is 46.9 Å². The standard InChI is InChI=1S/C17H12F3N3O2S/c1-2-3-4-13(24)11-7-8-23(9-11)10-12-5-6-14(26-12)15-21-16(25-22-15)17(18,19)20/h1,5-9H,3-4,10H2. The molecule has 0 spiro atoms. The lowest BCUT2D eigenvalue weighted by atomic mass is 10.1. The van der Waals surface area contributed by atoms with Gasteiger partial charge in [-0.25, -0.2) is 0 Å². The highest BCUT2D eigenvalue weighted by Gasteiger charge is 2.38. The summed E-state index contributed by atoms with van der Waals surface area (Å²) in [4.78, 5) is 16.6. The Labute approximate surface area is 150 Å². The van der Waals surface area contributed by atoms with Crippen molar-refractivity contribution in [2.45, 2.75) is 25.6 Å². The van der Waals surface area contributed by atoms with E-state index in [-0.39, 0.29) is 11.6 Å². The van der Waals surface area contributed by atoms with E-state index in [2.05, 4.69) is 20.6 Å². The highest BCUT2D eigenvalue weighted by molar-refractivity contribution is 7.15. The molecule has 134 valence electrons. The second-order valence-electron chi connectivity index (χ2n) is 5.39. The number of carbonyl (C=O) groups is 1. The van der Waals surface area contributed by atoms with Crippen LogP contribution in [0.3, 0.4) is 0 Å². The van der Waals surface area contributed by atoms with Crippen molar-refractivity contribution in [2.24, 2.45) is 0 Å². The van der Waals surface area contributed by atoms with Crippen LogP contribution in [-0.4, -0.2) is 20.5 Å². The topological polar surface area (TPSA) is 60.9 Å². The van der Waals surface area contributed by atoms with Gasteiger partial charge in [0, 0.05) is 35.7 Å². The van der Waals surface area contributed by atoms with Gasteiger partial charge in [0.05, 0.1) is 11.4 Å². The molecule has 9 heteroatoms. The Balaban J connectivity index is 1.69. The lowest BCUT2D eigenvalue weighted by molar-refractivity contribution is -0.159. The maximum Gasteiger partial charge on any atom is 0.471 e. The molecule has 26 heavy (non-hydrogen) atoms. The number of hydrogen-bond donors (Lipinski definition) is 0. The van der Waals surface area contributed by atoms with Crippen LogP contribution < -0.4 is 0 Å². The van der Waals surface area contributed by atoms with E-state index in [1.54, 1.807) is 30.6 Å². The number of terminal acetylenes is 1. The normalized spacial score (nSPS) is 11.5. The predicted molar refractivity (Wildman–Crippen MR) is 88.5 cm³/mol. The van der Waals surface area contributed by atoms with Gasteiger partial charge in [-0.2, -0.15) is 18.2 Å². The fourth-order valence-corrected chi connectivity index (χ4v) is 3.18. The zero-order chi connectivity index (χ0) is 18.7. The van der Waals surface area contributed by atoms with Crippen LogP contribution in [0.15, 0.2) is 35.1 Å². The summed E-state index contributed by atoms with van der Waals surface area (Å²) >= 11 is 1.25. The molecular formula is C17H12F3N3O2S. The molecule has 3 aromatic heterocycles. The first-order valence-electron chi connectivity index (χ1n) is 7.49. The molecule has 0 saturated carbocycles. The summed E-state index contributed by atoms with van der Waals surface area (Å²) in [5.74, 6) is 0.923. The van der Waals surface area contributed by atoms with E-state index in [1.165, 1.54) is 11.3 Å². The van der Waals surface area contributed by atoms with E-state index in [4.69, 9.17) is 6.42 Å². The van der Waals surface area contributed by atoms with E-state index in [1.807, 2.05) is 4.57 Å². The molecule has 3 heterocycles. The first-order chi connectivity index (χ1) is 12.4. The van der Waals surface area contributed by atoms with Gasteiger partial charge < -0.3 is 9.09 Å². The van der Waals surface area contributed by atoms with Gasteiger partial charge in [0.1, 0.15) is 0 Å². The van der Waals surface area contributed by atoms with E-state index < -0.39 is 12.1 Å². The van der Waals surface area contributed by atoms with Crippen LogP contribution in [0.25, 0.3) is 10.7 Å². The Morgan fingerprint density at radius 1 is 1.35 bits per heavy atom. The van der Waals surface area contributed by atoms with Crippen LogP contribution in [0.5, 0.6) is 0 Å². The average Bonchev–Trinajstić information content (AvgIpc) is 3.31. The van der Waals surface area contributed by atoms with Gasteiger partial charge in [-0.3, -0.25) is 4.79 Å². The van der Waals surface area contributed by atoms with Crippen molar-refractivity contribution >= 4 is 17.1 Å². The molecule has 0 aliphatic rings. The molecular weight excluding hydrogens is 367 g/mol. The zero-order valence-electron chi connectivity index (χ0n) is 13.3. The maximum atomic E-state index is 12.5. The Hall–Kier alpha value is -2.86. The molecule has 0 amide bonds. The Bertz CT molecular complexity index is 962. The second-order valence-corrected chi connectivity index (χ2v) is 6.55. The summed E-state index contributed by atoms with van der Waals surface area (Å²) in [5.41, 5.74) is 0.574. The number of aromatic nitrogens is 3. The van der Waals surface area contributed by atoms with Crippen LogP contribution in [0.4, 0.5) is 13.2 Å². The number of thiophene rings is 1. The fraction of sp³-hybridized carbons (Fsp3) is 0.235. The Morgan fingerprint density at radius 3 is 2.85 bits per heavy atom. The SMILES string of the molecule is C#CCCC(=O)c1ccn(Cc2ccc(-c3noc(C(F)(F)F)n3)s2)c1. The van der Waals surface area contributed by atoms with Crippen LogP contribution in [0.1, 0.15) is 34.0 Å². The van der Waals surface area contributed by atoms with E-state index in [9.17, 15) is 18.0 Å². The first-order valence-corrected chi connectivity index (χ1v) is 8.31. The van der Waals surface area contributed by atoms with Crippen molar-refractivity contribution in [1.29, 1.82) is 0 Å². The number of rotatable bonds is 6. The van der Waals surface area contributed by atoms with Crippen LogP contribution in [-0.2, 0) is 12.7 Å². The van der Waals surface area contributed by atoms with Crippen LogP contribution >= 0.6 is 11.3 Å². The quantitative estimate of drug-likeness (QED) is 0.474. The van der Waals surface area contributed by atoms with E-state index >= 15 is 0 Å². The van der Waals surface area contributed by atoms with E-state index in [0.717, 1.165) is 4.88 Å². The minimum Gasteiger partial charge on any atom is -0.348 e. The van der Waals surface area contributed by atoms with Gasteiger partial charge in [0.25, 0.3) is 0 Å². The number of hydrogen-bond acceptors (Lipinski definition) is 5. The summed E-state index contributed by atoms with van der Waals surface area (Å²) in [6.45, 7) is 0.469. The largest absolute Gasteiger partial charge is 0.471 e. The molecule has 0 aliphatic heterocycles. The number of nitrogens with zero attached hydrogens (tertiary/aromatic N) is 3. The zero-order valence-corrected chi connectivity index (χ0v) is 14.1. The summed E-state index contributed by atoms with van der Waals surface area (Å²) in [7, 11) is 0. The number of alkyl halides is 3. The molecule has 0 unspecified atom stereocenters. The first kappa shape index (κ1) is 17.9. The average molecular weight is 379 g/mol. The number of Topliss-reactive ketones (excluding diaryl/α,β-unsaturated/α-hetero) is 1. The molecule has 0 fully saturated rings. The van der Waals surface area contributed by atoms with Crippen molar-refractivity contribution in [3.63, 3.8) is 0 Å². The monoisotopic (exact) mass is 379 g/mol. The molecule has 0 aliphatic carbocycles. The third-order valence-corrected chi connectivity index (χ3v) is 4.52. The highest BCUT2D eigenvalue weighted by atomic mass is 32.1. The maximum absolute atomic E-state index is 12.5. The Morgan fingerprint density at radius 2 is 2.15 bits per heavy atom. The lowest BCUT2D eigenvalue weighted by Crippen LogP contribution is -2.04. The molecule has 0 bridgehead atoms. The molecule has 0 aromatic carbocycles. The molecule has 3 rings (SSSR count). The van der Waals surface area contributed by atoms with Crippen LogP contribution in [0, 0.1) is 12.3 Å². The van der Waals surface area contributed by atoms with Crippen molar-refractivity contribution < 1.29 is 22.5 Å². The smallest absolute Gasteiger partial charge is 0.348 e. The van der Waals surface area contributed by atoms with Gasteiger partial charge in [-0.1, -0.05) is 5.16 Å². The third kappa shape index (κ3) is 4.03. The highest BCUT2D eigenvalue weighted by Crippen LogP contribution is 2.31. The van der Waals surface area contributed by atoms with Gasteiger partial charge in [-0.05, 0) is 18.2 Å². The lowest BCUT2D eigenvalue weighted by Gasteiger charge is -1.99. The summed E-state index contributed by atoms with van der Waals surface area (Å²) in [6.07, 6.45) is 4.65. The van der Waals surface area contributed by atoms with Gasteiger partial charge in [0.15, 0.2) is 5.78 Å². The number of carbonyl (C=O) groups excluding carboxylic acids is 1. The van der Waals surface area contributed by atoms with Crippen LogP contribution in [0.2, 0.25) is 0 Å². The number of ketones is 1. The summed E-state index contributed by atoms with van der Waals surface area (Å²) < 4.78 is 43.6. The minimum atomic E-state index is -4.67. The van der Waals surface area contributed by atoms with E-state index in [0.29, 0.717) is 29.8 Å². The fourth-order valence-electron chi connectivity index (χ4n) is 2.24. The predicted octanol–water partition coefficient (Wildman–Crippen LogP) is 4.26. The second kappa shape index (κ2) is 7.17. The molecule has 5 nitrogen and oxygen atoms in total. The van der Waals surface area contributed by atoms with Crippen molar-refractivity contribution in [1.82, 2.24) is 14.7 Å². The van der Waals surface area contributed by atoms with Crippen molar-refractivity contribution in [3.8, 4) is 23.0 Å². The van der Waals surface area contributed by atoms with Gasteiger partial charge >= 0.3 is 12.1 Å². The summed E-state index contributed by atoms with van der Waals surface area (Å²) in [5, 5.41) is 3.37. The molecule has 3 aromatic rings. The van der Waals surface area contributed by atoms with Gasteiger partial charge in [0.2, 0.25) is 5.82 Å². The number of halogens is 3. The molecule has 0 N–H and O–H groups in total. The van der Waals surface area contributed by atoms with Gasteiger partial charge in [-0.15, -0.1) is 23.7 Å². The minimum absolute atomic E-state index is 0.0277. The summed E-state index contributed by atoms with van der Waals surface area (Å²) in [6, 6.07) is 5.11.